The van der Waals surface area contributed by atoms with Gasteiger partial charge in [0.25, 0.3) is 0 Å². The van der Waals surface area contributed by atoms with Crippen LogP contribution in [0.5, 0.6) is 5.75 Å². The van der Waals surface area contributed by atoms with Crippen molar-refractivity contribution in [1.29, 1.82) is 0 Å². The third kappa shape index (κ3) is 4.57. The van der Waals surface area contributed by atoms with Crippen LogP contribution in [0.25, 0.3) is 0 Å². The van der Waals surface area contributed by atoms with Crippen LogP contribution in [0.4, 0.5) is 0 Å². The molecule has 0 radical (unpaired) electrons. The summed E-state index contributed by atoms with van der Waals surface area (Å²) in [4.78, 5) is 4.08. The van der Waals surface area contributed by atoms with E-state index in [1.807, 2.05) is 24.5 Å². The molecule has 21 heavy (non-hydrogen) atoms. The van der Waals surface area contributed by atoms with Crippen molar-refractivity contribution < 1.29 is 4.74 Å². The molecule has 1 N–H and O–H groups in total. The second-order valence-corrected chi connectivity index (χ2v) is 5.37. The molecule has 0 aliphatic heterocycles. The number of rotatable bonds is 7. The second kappa shape index (κ2) is 7.79. The Morgan fingerprint density at radius 3 is 2.48 bits per heavy atom. The number of likely N-dealkylation sites (N-methyl/N-ethyl adjacent to an activating group) is 1. The highest BCUT2D eigenvalue weighted by Gasteiger charge is 2.16. The first-order valence-corrected chi connectivity index (χ1v) is 7.58. The van der Waals surface area contributed by atoms with E-state index in [9.17, 15) is 0 Å². The number of ether oxygens (including phenoxy) is 1. The molecule has 3 nitrogen and oxygen atoms in total. The van der Waals surface area contributed by atoms with Gasteiger partial charge in [-0.15, -0.1) is 0 Å². The van der Waals surface area contributed by atoms with Gasteiger partial charge in [-0.1, -0.05) is 25.1 Å². The maximum Gasteiger partial charge on any atom is 0.124 e. The monoisotopic (exact) mass is 284 g/mol. The minimum atomic E-state index is 0.175. The summed E-state index contributed by atoms with van der Waals surface area (Å²) in [5, 5.41) is 3.56. The van der Waals surface area contributed by atoms with Gasteiger partial charge < -0.3 is 10.1 Å². The fourth-order valence-electron chi connectivity index (χ4n) is 2.42. The molecular formula is C18H24N2O. The standard InChI is InChI=1S/C18H24N2O/c1-4-20-17(13-15-9-11-19-12-10-15)16-7-5-6-8-18(16)21-14(2)3/h5-12,14,17,20H,4,13H2,1-3H3. The molecule has 0 aliphatic rings. The van der Waals surface area contributed by atoms with Crippen molar-refractivity contribution in [2.75, 3.05) is 6.54 Å². The Hall–Kier alpha value is -1.87. The molecule has 2 aromatic rings. The SMILES string of the molecule is CCNC(Cc1ccncc1)c1ccccc1OC(C)C. The van der Waals surface area contributed by atoms with E-state index in [0.717, 1.165) is 18.7 Å². The van der Waals surface area contributed by atoms with Crippen LogP contribution in [-0.2, 0) is 6.42 Å². The summed E-state index contributed by atoms with van der Waals surface area (Å²) in [5.41, 5.74) is 2.49. The first-order valence-electron chi connectivity index (χ1n) is 7.58. The maximum atomic E-state index is 5.96. The first kappa shape index (κ1) is 15.5. The number of nitrogens with one attached hydrogen (secondary N) is 1. The van der Waals surface area contributed by atoms with Crippen molar-refractivity contribution in [1.82, 2.24) is 10.3 Å². The lowest BCUT2D eigenvalue weighted by Crippen LogP contribution is -2.24. The quantitative estimate of drug-likeness (QED) is 0.840. The molecule has 1 unspecified atom stereocenters. The largest absolute Gasteiger partial charge is 0.491 e. The molecule has 0 bridgehead atoms. The van der Waals surface area contributed by atoms with Crippen molar-refractivity contribution >= 4 is 0 Å². The van der Waals surface area contributed by atoms with Crippen molar-refractivity contribution in [2.24, 2.45) is 0 Å². The molecule has 1 aromatic carbocycles. The molecule has 1 heterocycles. The van der Waals surface area contributed by atoms with Crippen molar-refractivity contribution in [3.8, 4) is 5.75 Å². The van der Waals surface area contributed by atoms with Gasteiger partial charge in [0.1, 0.15) is 5.75 Å². The lowest BCUT2D eigenvalue weighted by molar-refractivity contribution is 0.237. The van der Waals surface area contributed by atoms with E-state index in [2.05, 4.69) is 55.3 Å². The highest BCUT2D eigenvalue weighted by Crippen LogP contribution is 2.28. The normalized spacial score (nSPS) is 12.4. The van der Waals surface area contributed by atoms with Crippen LogP contribution in [0.15, 0.2) is 48.8 Å². The fourth-order valence-corrected chi connectivity index (χ4v) is 2.42. The third-order valence-corrected chi connectivity index (χ3v) is 3.30. The van der Waals surface area contributed by atoms with Crippen molar-refractivity contribution in [2.45, 2.75) is 39.3 Å². The number of aromatic nitrogens is 1. The van der Waals surface area contributed by atoms with Crippen LogP contribution in [0.3, 0.4) is 0 Å². The Bertz CT molecular complexity index is 540. The van der Waals surface area contributed by atoms with Gasteiger partial charge in [0.2, 0.25) is 0 Å². The Labute approximate surface area is 127 Å². The number of hydrogen-bond acceptors (Lipinski definition) is 3. The zero-order chi connectivity index (χ0) is 15.1. The molecule has 2 rings (SSSR count). The molecule has 0 saturated heterocycles. The van der Waals surface area contributed by atoms with Gasteiger partial charge in [0.15, 0.2) is 0 Å². The summed E-state index contributed by atoms with van der Waals surface area (Å²) in [7, 11) is 0. The Morgan fingerprint density at radius 1 is 1.10 bits per heavy atom. The van der Waals surface area contributed by atoms with Crippen LogP contribution in [0.2, 0.25) is 0 Å². The smallest absolute Gasteiger partial charge is 0.124 e. The third-order valence-electron chi connectivity index (χ3n) is 3.30. The number of nitrogens with zero attached hydrogens (tertiary/aromatic N) is 1. The topological polar surface area (TPSA) is 34.2 Å². The minimum absolute atomic E-state index is 0.175. The van der Waals surface area contributed by atoms with Crippen LogP contribution in [0.1, 0.15) is 37.9 Å². The zero-order valence-corrected chi connectivity index (χ0v) is 13.0. The van der Waals surface area contributed by atoms with Gasteiger partial charge in [0, 0.05) is 24.0 Å². The molecular weight excluding hydrogens is 260 g/mol. The van der Waals surface area contributed by atoms with E-state index in [1.54, 1.807) is 0 Å². The summed E-state index contributed by atoms with van der Waals surface area (Å²) in [6, 6.07) is 12.7. The molecule has 1 atom stereocenters. The Balaban J connectivity index is 2.25. The number of para-hydroxylation sites is 1. The lowest BCUT2D eigenvalue weighted by atomic mass is 9.98. The van der Waals surface area contributed by atoms with Gasteiger partial charge in [-0.25, -0.2) is 0 Å². The molecule has 0 saturated carbocycles. The fraction of sp³-hybridized carbons (Fsp3) is 0.389. The van der Waals surface area contributed by atoms with Gasteiger partial charge in [-0.05, 0) is 50.6 Å². The van der Waals surface area contributed by atoms with Gasteiger partial charge in [-0.2, -0.15) is 0 Å². The molecule has 0 fully saturated rings. The highest BCUT2D eigenvalue weighted by atomic mass is 16.5. The Morgan fingerprint density at radius 2 is 1.81 bits per heavy atom. The summed E-state index contributed by atoms with van der Waals surface area (Å²) < 4.78 is 5.96. The lowest BCUT2D eigenvalue weighted by Gasteiger charge is -2.22. The van der Waals surface area contributed by atoms with Crippen LogP contribution in [0, 0.1) is 0 Å². The van der Waals surface area contributed by atoms with E-state index in [-0.39, 0.29) is 12.1 Å². The van der Waals surface area contributed by atoms with Crippen LogP contribution >= 0.6 is 0 Å². The van der Waals surface area contributed by atoms with Crippen LogP contribution in [-0.4, -0.2) is 17.6 Å². The molecule has 0 spiro atoms. The predicted molar refractivity (Wildman–Crippen MR) is 86.6 cm³/mol. The van der Waals surface area contributed by atoms with Crippen molar-refractivity contribution in [3.05, 3.63) is 59.9 Å². The summed E-state index contributed by atoms with van der Waals surface area (Å²) in [6.07, 6.45) is 4.78. The minimum Gasteiger partial charge on any atom is -0.491 e. The number of benzene rings is 1. The van der Waals surface area contributed by atoms with E-state index >= 15 is 0 Å². The molecule has 112 valence electrons. The number of hydrogen-bond donors (Lipinski definition) is 1. The van der Waals surface area contributed by atoms with Gasteiger partial charge >= 0.3 is 0 Å². The van der Waals surface area contributed by atoms with Gasteiger partial charge in [-0.3, -0.25) is 4.98 Å². The maximum absolute atomic E-state index is 5.96. The average molecular weight is 284 g/mol. The van der Waals surface area contributed by atoms with Crippen molar-refractivity contribution in [3.63, 3.8) is 0 Å². The van der Waals surface area contributed by atoms with E-state index < -0.39 is 0 Å². The van der Waals surface area contributed by atoms with E-state index in [0.29, 0.717) is 0 Å². The van der Waals surface area contributed by atoms with Crippen LogP contribution < -0.4 is 10.1 Å². The van der Waals surface area contributed by atoms with E-state index in [1.165, 1.54) is 11.1 Å². The Kier molecular flexibility index (Phi) is 5.76. The molecule has 0 aliphatic carbocycles. The highest BCUT2D eigenvalue weighted by molar-refractivity contribution is 5.37. The zero-order valence-electron chi connectivity index (χ0n) is 13.0. The summed E-state index contributed by atoms with van der Waals surface area (Å²) in [5.74, 6) is 0.965. The summed E-state index contributed by atoms with van der Waals surface area (Å²) >= 11 is 0. The van der Waals surface area contributed by atoms with Gasteiger partial charge in [0.05, 0.1) is 6.10 Å². The average Bonchev–Trinajstić information content (AvgIpc) is 2.48. The molecule has 1 aromatic heterocycles. The molecule has 0 amide bonds. The van der Waals surface area contributed by atoms with E-state index in [4.69, 9.17) is 4.74 Å². The summed E-state index contributed by atoms with van der Waals surface area (Å²) in [6.45, 7) is 7.17. The second-order valence-electron chi connectivity index (χ2n) is 5.37. The number of pyridine rings is 1. The molecule has 3 heteroatoms. The predicted octanol–water partition coefficient (Wildman–Crippen LogP) is 3.76. The first-order chi connectivity index (χ1) is 10.2.